The molecule has 1 N–H and O–H groups in total. The summed E-state index contributed by atoms with van der Waals surface area (Å²) >= 11 is 0. The lowest BCUT2D eigenvalue weighted by Gasteiger charge is -1.91. The molecule has 0 fully saturated rings. The van der Waals surface area contributed by atoms with Gasteiger partial charge in [0, 0.05) is 18.0 Å². The maximum Gasteiger partial charge on any atom is 0.138 e. The molecular weight excluding hydrogens is 140 g/mol. The van der Waals surface area contributed by atoms with Crippen LogP contribution in [-0.4, -0.2) is 20.2 Å². The first-order chi connectivity index (χ1) is 5.47. The molecule has 4 nitrogen and oxygen atoms in total. The van der Waals surface area contributed by atoms with Crippen molar-refractivity contribution in [2.75, 3.05) is 0 Å². The first-order valence-electron chi connectivity index (χ1n) is 3.23. The Morgan fingerprint density at radius 1 is 1.18 bits per heavy atom. The first-order valence-corrected chi connectivity index (χ1v) is 3.23. The fourth-order valence-corrected chi connectivity index (χ4v) is 0.854. The Kier molecular flexibility index (Phi) is 1.37. The van der Waals surface area contributed by atoms with Crippen molar-refractivity contribution in [3.8, 4) is 11.4 Å². The van der Waals surface area contributed by atoms with Crippen LogP contribution in [0.4, 0.5) is 0 Å². The summed E-state index contributed by atoms with van der Waals surface area (Å²) in [6, 6.07) is 1.85. The minimum Gasteiger partial charge on any atom is -0.345 e. The Labute approximate surface area is 63.3 Å². The standard InChI is InChI=1S/C7H6N4/c1-2-10-11-5-6(1)7-8-3-4-9-7/h1-5H,(H,8,9). The smallest absolute Gasteiger partial charge is 0.138 e. The largest absolute Gasteiger partial charge is 0.345 e. The molecule has 0 spiro atoms. The zero-order valence-electron chi connectivity index (χ0n) is 5.73. The van der Waals surface area contributed by atoms with Gasteiger partial charge in [-0.1, -0.05) is 0 Å². The van der Waals surface area contributed by atoms with E-state index in [1.165, 1.54) is 0 Å². The number of nitrogens with one attached hydrogen (secondary N) is 1. The molecule has 4 heteroatoms. The fraction of sp³-hybridized carbons (Fsp3) is 0. The highest BCUT2D eigenvalue weighted by atomic mass is 15.1. The molecule has 54 valence electrons. The van der Waals surface area contributed by atoms with Crippen molar-refractivity contribution in [1.29, 1.82) is 0 Å². The van der Waals surface area contributed by atoms with Gasteiger partial charge in [0.1, 0.15) is 5.82 Å². The molecule has 0 saturated heterocycles. The summed E-state index contributed by atoms with van der Waals surface area (Å²) in [7, 11) is 0. The summed E-state index contributed by atoms with van der Waals surface area (Å²) in [5.74, 6) is 0.819. The van der Waals surface area contributed by atoms with Crippen LogP contribution in [0.5, 0.6) is 0 Å². The molecule has 0 aliphatic carbocycles. The second-order valence-corrected chi connectivity index (χ2v) is 2.07. The molecule has 0 amide bonds. The average Bonchev–Trinajstić information content (AvgIpc) is 2.58. The van der Waals surface area contributed by atoms with Crippen molar-refractivity contribution >= 4 is 0 Å². The molecule has 2 aromatic rings. The molecule has 0 aliphatic rings. The Balaban J connectivity index is 2.46. The summed E-state index contributed by atoms with van der Waals surface area (Å²) in [4.78, 5) is 7.04. The third-order valence-corrected chi connectivity index (χ3v) is 1.36. The maximum absolute atomic E-state index is 4.06. The molecular formula is C7H6N4. The van der Waals surface area contributed by atoms with Crippen molar-refractivity contribution in [2.45, 2.75) is 0 Å². The second-order valence-electron chi connectivity index (χ2n) is 2.07. The van der Waals surface area contributed by atoms with Crippen LogP contribution in [0.3, 0.4) is 0 Å². The molecule has 0 unspecified atom stereocenters. The van der Waals surface area contributed by atoms with Crippen LogP contribution in [0, 0.1) is 0 Å². The van der Waals surface area contributed by atoms with E-state index in [0.29, 0.717) is 0 Å². The summed E-state index contributed by atoms with van der Waals surface area (Å²) < 4.78 is 0. The van der Waals surface area contributed by atoms with Crippen molar-refractivity contribution in [3.05, 3.63) is 30.9 Å². The molecule has 0 aromatic carbocycles. The van der Waals surface area contributed by atoms with Gasteiger partial charge in [0.15, 0.2) is 0 Å². The van der Waals surface area contributed by atoms with Gasteiger partial charge < -0.3 is 4.98 Å². The van der Waals surface area contributed by atoms with Gasteiger partial charge >= 0.3 is 0 Å². The molecule has 0 bridgehead atoms. The highest BCUT2D eigenvalue weighted by Gasteiger charge is 1.96. The monoisotopic (exact) mass is 146 g/mol. The molecule has 2 heterocycles. The quantitative estimate of drug-likeness (QED) is 0.649. The van der Waals surface area contributed by atoms with E-state index < -0.39 is 0 Å². The summed E-state index contributed by atoms with van der Waals surface area (Å²) in [6.07, 6.45) is 6.78. The van der Waals surface area contributed by atoms with E-state index >= 15 is 0 Å². The average molecular weight is 146 g/mol. The van der Waals surface area contributed by atoms with Crippen LogP contribution in [0.15, 0.2) is 30.9 Å². The number of hydrogen-bond acceptors (Lipinski definition) is 3. The van der Waals surface area contributed by atoms with Crippen molar-refractivity contribution < 1.29 is 0 Å². The molecule has 2 rings (SSSR count). The number of hydrogen-bond donors (Lipinski definition) is 1. The van der Waals surface area contributed by atoms with Crippen LogP contribution in [0.25, 0.3) is 11.4 Å². The van der Waals surface area contributed by atoms with Gasteiger partial charge in [-0.15, -0.1) is 0 Å². The first kappa shape index (κ1) is 6.03. The number of imidazole rings is 1. The predicted molar refractivity (Wildman–Crippen MR) is 39.6 cm³/mol. The van der Waals surface area contributed by atoms with Crippen molar-refractivity contribution in [2.24, 2.45) is 0 Å². The van der Waals surface area contributed by atoms with Crippen LogP contribution < -0.4 is 0 Å². The van der Waals surface area contributed by atoms with Gasteiger partial charge in [-0.25, -0.2) is 4.98 Å². The zero-order valence-corrected chi connectivity index (χ0v) is 5.73. The van der Waals surface area contributed by atoms with Crippen LogP contribution in [0.1, 0.15) is 0 Å². The maximum atomic E-state index is 4.06. The van der Waals surface area contributed by atoms with E-state index in [0.717, 1.165) is 11.4 Å². The SMILES string of the molecule is c1cc(-c2ncc[nH]2)cnn1. The van der Waals surface area contributed by atoms with E-state index in [9.17, 15) is 0 Å². The molecule has 0 atom stereocenters. The van der Waals surface area contributed by atoms with Crippen molar-refractivity contribution in [3.63, 3.8) is 0 Å². The summed E-state index contributed by atoms with van der Waals surface area (Å²) in [6.45, 7) is 0. The molecule has 0 aliphatic heterocycles. The Bertz CT molecular complexity index is 313. The third kappa shape index (κ3) is 1.10. The lowest BCUT2D eigenvalue weighted by atomic mass is 10.3. The van der Waals surface area contributed by atoms with Gasteiger partial charge in [-0.2, -0.15) is 10.2 Å². The van der Waals surface area contributed by atoms with E-state index in [-0.39, 0.29) is 0 Å². The molecule has 11 heavy (non-hydrogen) atoms. The molecule has 2 aromatic heterocycles. The molecule has 0 saturated carbocycles. The van der Waals surface area contributed by atoms with Gasteiger partial charge in [-0.3, -0.25) is 0 Å². The lowest BCUT2D eigenvalue weighted by molar-refractivity contribution is 1.03. The van der Waals surface area contributed by atoms with Crippen LogP contribution in [-0.2, 0) is 0 Å². The Morgan fingerprint density at radius 2 is 2.18 bits per heavy atom. The number of nitrogens with zero attached hydrogens (tertiary/aromatic N) is 3. The number of H-pyrrole nitrogens is 1. The summed E-state index contributed by atoms with van der Waals surface area (Å²) in [5, 5.41) is 7.39. The normalized spacial score (nSPS) is 9.82. The second kappa shape index (κ2) is 2.49. The predicted octanol–water partition coefficient (Wildman–Crippen LogP) is 0.867. The van der Waals surface area contributed by atoms with Crippen LogP contribution in [0.2, 0.25) is 0 Å². The highest BCUT2D eigenvalue weighted by molar-refractivity contribution is 5.51. The van der Waals surface area contributed by atoms with E-state index in [4.69, 9.17) is 0 Å². The highest BCUT2D eigenvalue weighted by Crippen LogP contribution is 2.09. The Morgan fingerprint density at radius 3 is 2.82 bits per heavy atom. The van der Waals surface area contributed by atoms with Crippen LogP contribution >= 0.6 is 0 Å². The van der Waals surface area contributed by atoms with E-state index in [1.807, 2.05) is 6.07 Å². The topological polar surface area (TPSA) is 54.5 Å². The number of aromatic amines is 1. The Hall–Kier alpha value is -1.71. The fourth-order valence-electron chi connectivity index (χ4n) is 0.854. The van der Waals surface area contributed by atoms with Gasteiger partial charge in [0.2, 0.25) is 0 Å². The van der Waals surface area contributed by atoms with Gasteiger partial charge in [0.25, 0.3) is 0 Å². The van der Waals surface area contributed by atoms with E-state index in [2.05, 4.69) is 20.2 Å². The molecule has 0 radical (unpaired) electrons. The minimum absolute atomic E-state index is 0.819. The summed E-state index contributed by atoms with van der Waals surface area (Å²) in [5.41, 5.74) is 0.949. The van der Waals surface area contributed by atoms with Crippen molar-refractivity contribution in [1.82, 2.24) is 20.2 Å². The number of aromatic nitrogens is 4. The van der Waals surface area contributed by atoms with E-state index in [1.54, 1.807) is 24.8 Å². The third-order valence-electron chi connectivity index (χ3n) is 1.36. The number of rotatable bonds is 1. The zero-order chi connectivity index (χ0) is 7.52. The van der Waals surface area contributed by atoms with Gasteiger partial charge in [0.05, 0.1) is 12.4 Å². The minimum atomic E-state index is 0.819. The lowest BCUT2D eigenvalue weighted by Crippen LogP contribution is -1.83. The van der Waals surface area contributed by atoms with Gasteiger partial charge in [-0.05, 0) is 6.07 Å².